The Bertz CT molecular complexity index is 797. The highest BCUT2D eigenvalue weighted by atomic mass is 16.5. The molecule has 1 fully saturated rings. The van der Waals surface area contributed by atoms with Crippen LogP contribution in [0.3, 0.4) is 0 Å². The fourth-order valence-corrected chi connectivity index (χ4v) is 3.35. The average molecular weight is 369 g/mol. The molecule has 144 valence electrons. The molecule has 6 heteroatoms. The van der Waals surface area contributed by atoms with Gasteiger partial charge in [-0.05, 0) is 36.0 Å². The van der Waals surface area contributed by atoms with Crippen LogP contribution >= 0.6 is 0 Å². The number of anilines is 1. The van der Waals surface area contributed by atoms with E-state index in [0.29, 0.717) is 17.4 Å². The molecule has 0 aliphatic heterocycles. The third kappa shape index (κ3) is 4.76. The lowest BCUT2D eigenvalue weighted by molar-refractivity contribution is -0.119. The van der Waals surface area contributed by atoms with E-state index in [9.17, 15) is 9.59 Å². The molecule has 1 aliphatic carbocycles. The van der Waals surface area contributed by atoms with Gasteiger partial charge >= 0.3 is 5.97 Å². The second kappa shape index (κ2) is 7.94. The van der Waals surface area contributed by atoms with Gasteiger partial charge in [-0.3, -0.25) is 4.79 Å². The first kappa shape index (κ1) is 19.1. The number of carbonyl (C=O) groups excluding carboxylic acids is 2. The monoisotopic (exact) mass is 369 g/mol. The van der Waals surface area contributed by atoms with E-state index in [1.54, 1.807) is 24.4 Å². The van der Waals surface area contributed by atoms with Crippen molar-refractivity contribution in [1.82, 2.24) is 9.78 Å². The summed E-state index contributed by atoms with van der Waals surface area (Å²) in [4.78, 5) is 24.3. The number of amides is 1. The first-order chi connectivity index (χ1) is 12.8. The van der Waals surface area contributed by atoms with Crippen LogP contribution in [-0.2, 0) is 14.9 Å². The van der Waals surface area contributed by atoms with E-state index in [1.165, 1.54) is 12.8 Å². The topological polar surface area (TPSA) is 73.2 Å². The molecule has 1 aromatic heterocycles. The average Bonchev–Trinajstić information content (AvgIpc) is 3.30. The van der Waals surface area contributed by atoms with Crippen molar-refractivity contribution in [2.75, 3.05) is 11.9 Å². The fraction of sp³-hybridized carbons (Fsp3) is 0.476. The van der Waals surface area contributed by atoms with Gasteiger partial charge in [0.05, 0.1) is 17.8 Å². The molecule has 0 saturated heterocycles. The smallest absolute Gasteiger partial charge is 0.338 e. The van der Waals surface area contributed by atoms with Crippen LogP contribution in [0.1, 0.15) is 68.4 Å². The van der Waals surface area contributed by atoms with Crippen molar-refractivity contribution in [3.8, 4) is 0 Å². The molecular formula is C21H27N3O3. The van der Waals surface area contributed by atoms with Crippen molar-refractivity contribution in [1.29, 1.82) is 0 Å². The fourth-order valence-electron chi connectivity index (χ4n) is 3.35. The van der Waals surface area contributed by atoms with Gasteiger partial charge in [0.25, 0.3) is 5.91 Å². The lowest BCUT2D eigenvalue weighted by Gasteiger charge is -2.18. The summed E-state index contributed by atoms with van der Waals surface area (Å²) in [5, 5.41) is 7.10. The number of benzene rings is 1. The van der Waals surface area contributed by atoms with Gasteiger partial charge in [0.2, 0.25) is 0 Å². The van der Waals surface area contributed by atoms with Crippen molar-refractivity contribution in [3.63, 3.8) is 0 Å². The maximum atomic E-state index is 12.2. The van der Waals surface area contributed by atoms with E-state index >= 15 is 0 Å². The Kier molecular flexibility index (Phi) is 5.63. The third-order valence-electron chi connectivity index (χ3n) is 4.93. The minimum atomic E-state index is -0.505. The molecule has 0 unspecified atom stereocenters. The summed E-state index contributed by atoms with van der Waals surface area (Å²) >= 11 is 0. The van der Waals surface area contributed by atoms with Crippen LogP contribution in [0.4, 0.5) is 5.82 Å². The summed E-state index contributed by atoms with van der Waals surface area (Å²) in [6.07, 6.45) is 6.19. The lowest BCUT2D eigenvalue weighted by Crippen LogP contribution is -2.23. The molecule has 0 radical (unpaired) electrons. The minimum Gasteiger partial charge on any atom is -0.452 e. The summed E-state index contributed by atoms with van der Waals surface area (Å²) in [7, 11) is 0. The van der Waals surface area contributed by atoms with E-state index in [2.05, 4.69) is 31.2 Å². The second-order valence-electron chi connectivity index (χ2n) is 8.05. The van der Waals surface area contributed by atoms with Crippen LogP contribution in [0.5, 0.6) is 0 Å². The Morgan fingerprint density at radius 1 is 1.15 bits per heavy atom. The minimum absolute atomic E-state index is 0.0184. The molecular weight excluding hydrogens is 342 g/mol. The zero-order valence-corrected chi connectivity index (χ0v) is 16.2. The van der Waals surface area contributed by atoms with Crippen molar-refractivity contribution in [2.24, 2.45) is 0 Å². The first-order valence-electron chi connectivity index (χ1n) is 9.45. The zero-order chi connectivity index (χ0) is 19.4. The quantitative estimate of drug-likeness (QED) is 0.806. The van der Waals surface area contributed by atoms with E-state index in [-0.39, 0.29) is 17.9 Å². The summed E-state index contributed by atoms with van der Waals surface area (Å²) in [6, 6.07) is 9.39. The molecule has 1 saturated carbocycles. The maximum absolute atomic E-state index is 12.2. The van der Waals surface area contributed by atoms with Crippen molar-refractivity contribution in [2.45, 2.75) is 57.9 Å². The molecule has 2 aromatic rings. The number of aromatic nitrogens is 2. The summed E-state index contributed by atoms with van der Waals surface area (Å²) in [6.45, 7) is 6.01. The molecule has 0 atom stereocenters. The molecule has 0 spiro atoms. The van der Waals surface area contributed by atoms with Crippen molar-refractivity contribution in [3.05, 3.63) is 47.7 Å². The van der Waals surface area contributed by atoms with Crippen LogP contribution in [0.2, 0.25) is 0 Å². The highest BCUT2D eigenvalue weighted by Gasteiger charge is 2.21. The van der Waals surface area contributed by atoms with Gasteiger partial charge in [0.1, 0.15) is 5.82 Å². The van der Waals surface area contributed by atoms with Crippen molar-refractivity contribution < 1.29 is 14.3 Å². The Hall–Kier alpha value is -2.63. The molecule has 6 nitrogen and oxygen atoms in total. The Balaban J connectivity index is 1.53. The number of esters is 1. The zero-order valence-electron chi connectivity index (χ0n) is 16.2. The summed E-state index contributed by atoms with van der Waals surface area (Å²) < 4.78 is 7.01. The van der Waals surface area contributed by atoms with Gasteiger partial charge in [0.15, 0.2) is 6.61 Å². The largest absolute Gasteiger partial charge is 0.452 e. The third-order valence-corrected chi connectivity index (χ3v) is 4.93. The van der Waals surface area contributed by atoms with Gasteiger partial charge in [-0.25, -0.2) is 9.48 Å². The Morgan fingerprint density at radius 3 is 2.44 bits per heavy atom. The van der Waals surface area contributed by atoms with Gasteiger partial charge in [-0.15, -0.1) is 0 Å². The number of nitrogens with zero attached hydrogens (tertiary/aromatic N) is 2. The standard InChI is InChI=1S/C21H27N3O3/c1-21(2,3)16-10-8-15(9-11-16)20(26)27-14-19(25)23-18-12-13-22-24(18)17-6-4-5-7-17/h8-13,17H,4-7,14H2,1-3H3,(H,23,25). The SMILES string of the molecule is CC(C)(C)c1ccc(C(=O)OCC(=O)Nc2ccnn2C2CCCC2)cc1. The molecule has 3 rings (SSSR count). The van der Waals surface area contributed by atoms with Gasteiger partial charge in [-0.2, -0.15) is 5.10 Å². The van der Waals surface area contributed by atoms with Crippen LogP contribution in [0.15, 0.2) is 36.5 Å². The number of carbonyl (C=O) groups is 2. The number of hydrogen-bond donors (Lipinski definition) is 1. The number of hydrogen-bond acceptors (Lipinski definition) is 4. The number of ether oxygens (including phenoxy) is 1. The van der Waals surface area contributed by atoms with E-state index in [0.717, 1.165) is 18.4 Å². The number of rotatable bonds is 5. The first-order valence-corrected chi connectivity index (χ1v) is 9.45. The molecule has 1 heterocycles. The van der Waals surface area contributed by atoms with Gasteiger partial charge in [-0.1, -0.05) is 45.7 Å². The molecule has 1 aliphatic rings. The predicted molar refractivity (Wildman–Crippen MR) is 104 cm³/mol. The molecule has 1 aromatic carbocycles. The summed E-state index contributed by atoms with van der Waals surface area (Å²) in [5.41, 5.74) is 1.59. The summed E-state index contributed by atoms with van der Waals surface area (Å²) in [5.74, 6) is -0.221. The van der Waals surface area contributed by atoms with Gasteiger partial charge in [0, 0.05) is 6.07 Å². The maximum Gasteiger partial charge on any atom is 0.338 e. The lowest BCUT2D eigenvalue weighted by atomic mass is 9.87. The predicted octanol–water partition coefficient (Wildman–Crippen LogP) is 4.09. The second-order valence-corrected chi connectivity index (χ2v) is 8.05. The number of nitrogens with one attached hydrogen (secondary N) is 1. The highest BCUT2D eigenvalue weighted by molar-refractivity contribution is 5.95. The molecule has 0 bridgehead atoms. The molecule has 1 N–H and O–H groups in total. The molecule has 1 amide bonds. The Labute approximate surface area is 159 Å². The van der Waals surface area contributed by atoms with E-state index in [4.69, 9.17) is 4.74 Å². The normalized spacial score (nSPS) is 14.9. The van der Waals surface area contributed by atoms with Crippen LogP contribution in [-0.4, -0.2) is 28.3 Å². The molecule has 27 heavy (non-hydrogen) atoms. The van der Waals surface area contributed by atoms with Crippen LogP contribution < -0.4 is 5.32 Å². The van der Waals surface area contributed by atoms with E-state index in [1.807, 2.05) is 16.8 Å². The van der Waals surface area contributed by atoms with Crippen LogP contribution in [0, 0.1) is 0 Å². The Morgan fingerprint density at radius 2 is 1.81 bits per heavy atom. The van der Waals surface area contributed by atoms with Crippen molar-refractivity contribution >= 4 is 17.7 Å². The van der Waals surface area contributed by atoms with Gasteiger partial charge < -0.3 is 10.1 Å². The van der Waals surface area contributed by atoms with E-state index < -0.39 is 5.97 Å². The van der Waals surface area contributed by atoms with Crippen LogP contribution in [0.25, 0.3) is 0 Å². The highest BCUT2D eigenvalue weighted by Crippen LogP contribution is 2.31.